The number of halogens is 2. The van der Waals surface area contributed by atoms with E-state index in [-0.39, 0.29) is 11.7 Å². The number of nitrogens with one attached hydrogen (secondary N) is 1. The average Bonchev–Trinajstić information content (AvgIpc) is 2.50. The first-order valence-corrected chi connectivity index (χ1v) is 6.69. The summed E-state index contributed by atoms with van der Waals surface area (Å²) in [7, 11) is 0. The summed E-state index contributed by atoms with van der Waals surface area (Å²) in [5.41, 5.74) is 7.94. The minimum Gasteiger partial charge on any atom is -0.409 e. The lowest BCUT2D eigenvalue weighted by molar-refractivity contribution is 0.318. The molecule has 6 heteroatoms. The molecule has 4 nitrogen and oxygen atoms in total. The first-order chi connectivity index (χ1) is 10.1. The van der Waals surface area contributed by atoms with Crippen molar-refractivity contribution in [1.29, 1.82) is 0 Å². The number of benzene rings is 2. The van der Waals surface area contributed by atoms with Crippen LogP contribution in [0.15, 0.2) is 47.6 Å². The van der Waals surface area contributed by atoms with Gasteiger partial charge >= 0.3 is 0 Å². The molecule has 0 fully saturated rings. The number of rotatable bonds is 5. The third-order valence-corrected chi connectivity index (χ3v) is 3.37. The molecule has 0 aliphatic carbocycles. The Hall–Kier alpha value is -2.11. The molecule has 2 aromatic carbocycles. The number of nitrogens with zero attached hydrogens (tertiary/aromatic N) is 1. The monoisotopic (exact) mass is 307 g/mol. The summed E-state index contributed by atoms with van der Waals surface area (Å²) < 4.78 is 12.8. The zero-order valence-corrected chi connectivity index (χ0v) is 11.9. The highest BCUT2D eigenvalue weighted by Crippen LogP contribution is 2.18. The third-order valence-electron chi connectivity index (χ3n) is 3.01. The fraction of sp³-hybridized carbons (Fsp3) is 0.133. The van der Waals surface area contributed by atoms with Crippen molar-refractivity contribution in [2.75, 3.05) is 0 Å². The van der Waals surface area contributed by atoms with Crippen molar-refractivity contribution in [3.05, 3.63) is 70.0 Å². The molecule has 0 saturated carbocycles. The molecule has 0 radical (unpaired) electrons. The maximum atomic E-state index is 12.8. The van der Waals surface area contributed by atoms with E-state index in [0.717, 1.165) is 11.1 Å². The zero-order chi connectivity index (χ0) is 15.2. The Balaban J connectivity index is 1.96. The molecule has 4 N–H and O–H groups in total. The van der Waals surface area contributed by atoms with Crippen LogP contribution in [-0.2, 0) is 13.1 Å². The van der Waals surface area contributed by atoms with Crippen LogP contribution >= 0.6 is 11.6 Å². The van der Waals surface area contributed by atoms with Gasteiger partial charge in [-0.2, -0.15) is 0 Å². The molecular formula is C15H15ClFN3O. The van der Waals surface area contributed by atoms with E-state index in [2.05, 4.69) is 10.5 Å². The van der Waals surface area contributed by atoms with E-state index in [0.29, 0.717) is 23.7 Å². The highest BCUT2D eigenvalue weighted by molar-refractivity contribution is 6.31. The van der Waals surface area contributed by atoms with Gasteiger partial charge in [0.05, 0.1) is 0 Å². The highest BCUT2D eigenvalue weighted by atomic mass is 35.5. The Morgan fingerprint density at radius 1 is 1.19 bits per heavy atom. The van der Waals surface area contributed by atoms with Gasteiger partial charge in [0.15, 0.2) is 5.84 Å². The van der Waals surface area contributed by atoms with Gasteiger partial charge in [-0.3, -0.25) is 0 Å². The number of amidine groups is 1. The van der Waals surface area contributed by atoms with E-state index in [1.165, 1.54) is 12.1 Å². The molecule has 0 spiro atoms. The van der Waals surface area contributed by atoms with Crippen LogP contribution in [0.3, 0.4) is 0 Å². The number of hydrogen-bond donors (Lipinski definition) is 3. The topological polar surface area (TPSA) is 70.6 Å². The average molecular weight is 308 g/mol. The van der Waals surface area contributed by atoms with E-state index >= 15 is 0 Å². The van der Waals surface area contributed by atoms with Crippen LogP contribution in [0.4, 0.5) is 4.39 Å². The van der Waals surface area contributed by atoms with Crippen LogP contribution in [0.5, 0.6) is 0 Å². The van der Waals surface area contributed by atoms with Gasteiger partial charge in [0.25, 0.3) is 0 Å². The maximum Gasteiger partial charge on any atom is 0.170 e. The summed E-state index contributed by atoms with van der Waals surface area (Å²) in [6.45, 7) is 1.17. The van der Waals surface area contributed by atoms with Gasteiger partial charge in [-0.25, -0.2) is 4.39 Å². The number of nitrogens with two attached hydrogens (primary N) is 1. The van der Waals surface area contributed by atoms with Crippen LogP contribution in [0.2, 0.25) is 5.02 Å². The van der Waals surface area contributed by atoms with Gasteiger partial charge in [-0.1, -0.05) is 41.0 Å². The fourth-order valence-electron chi connectivity index (χ4n) is 1.85. The van der Waals surface area contributed by atoms with Gasteiger partial charge < -0.3 is 16.3 Å². The van der Waals surface area contributed by atoms with Crippen LogP contribution in [0, 0.1) is 5.82 Å². The normalized spacial score (nSPS) is 11.6. The summed E-state index contributed by atoms with van der Waals surface area (Å²) in [6.07, 6.45) is 0. The van der Waals surface area contributed by atoms with Crippen LogP contribution in [-0.4, -0.2) is 11.0 Å². The molecule has 0 heterocycles. The second-order valence-electron chi connectivity index (χ2n) is 4.52. The van der Waals surface area contributed by atoms with Gasteiger partial charge in [0.1, 0.15) is 5.82 Å². The second-order valence-corrected chi connectivity index (χ2v) is 4.93. The lowest BCUT2D eigenvalue weighted by Crippen LogP contribution is -2.15. The summed E-state index contributed by atoms with van der Waals surface area (Å²) in [5, 5.41) is 15.3. The molecule has 0 aliphatic heterocycles. The largest absolute Gasteiger partial charge is 0.409 e. The van der Waals surface area contributed by atoms with Crippen molar-refractivity contribution in [2.45, 2.75) is 13.1 Å². The van der Waals surface area contributed by atoms with Gasteiger partial charge in [-0.05, 0) is 29.3 Å². The second kappa shape index (κ2) is 7.06. The lowest BCUT2D eigenvalue weighted by atomic mass is 10.1. The molecular weight excluding hydrogens is 293 g/mol. The lowest BCUT2D eigenvalue weighted by Gasteiger charge is -2.08. The molecule has 0 amide bonds. The predicted molar refractivity (Wildman–Crippen MR) is 80.9 cm³/mol. The van der Waals surface area contributed by atoms with E-state index < -0.39 is 0 Å². The molecule has 0 unspecified atom stereocenters. The van der Waals surface area contributed by atoms with Crippen molar-refractivity contribution >= 4 is 17.4 Å². The van der Waals surface area contributed by atoms with Gasteiger partial charge in [0.2, 0.25) is 0 Å². The van der Waals surface area contributed by atoms with Crippen molar-refractivity contribution in [2.24, 2.45) is 10.9 Å². The van der Waals surface area contributed by atoms with Crippen molar-refractivity contribution < 1.29 is 9.60 Å². The van der Waals surface area contributed by atoms with Crippen molar-refractivity contribution in [3.8, 4) is 0 Å². The molecule has 0 bridgehead atoms. The maximum absolute atomic E-state index is 12.8. The zero-order valence-electron chi connectivity index (χ0n) is 11.2. The molecule has 0 atom stereocenters. The first kappa shape index (κ1) is 15.3. The molecule has 2 aromatic rings. The minimum atomic E-state index is -0.250. The molecule has 21 heavy (non-hydrogen) atoms. The van der Waals surface area contributed by atoms with Crippen LogP contribution in [0.1, 0.15) is 16.7 Å². The Labute approximate surface area is 127 Å². The van der Waals surface area contributed by atoms with E-state index in [4.69, 9.17) is 22.5 Å². The molecule has 0 aliphatic rings. The van der Waals surface area contributed by atoms with E-state index in [1.54, 1.807) is 24.3 Å². The fourth-order valence-corrected chi connectivity index (χ4v) is 2.10. The number of oxime groups is 1. The van der Waals surface area contributed by atoms with E-state index in [9.17, 15) is 4.39 Å². The third kappa shape index (κ3) is 4.18. The summed E-state index contributed by atoms with van der Waals surface area (Å²) >= 11 is 6.15. The Morgan fingerprint density at radius 3 is 2.52 bits per heavy atom. The highest BCUT2D eigenvalue weighted by Gasteiger charge is 2.05. The Morgan fingerprint density at radius 2 is 1.90 bits per heavy atom. The molecule has 0 aromatic heterocycles. The Bertz CT molecular complexity index is 644. The summed E-state index contributed by atoms with van der Waals surface area (Å²) in [4.78, 5) is 0. The SMILES string of the molecule is N/C(=N/O)c1ccc(CNCc2ccc(F)cc2)c(Cl)c1. The standard InChI is InChI=1S/C15H15ClFN3O/c16-14-7-11(15(18)20-21)3-4-12(14)9-19-8-10-1-5-13(17)6-2-10/h1-7,19,21H,8-9H2,(H2,18,20). The smallest absolute Gasteiger partial charge is 0.170 e. The number of hydrogen-bond acceptors (Lipinski definition) is 3. The minimum absolute atomic E-state index is 0.0164. The molecule has 110 valence electrons. The van der Waals surface area contributed by atoms with E-state index in [1.807, 2.05) is 6.07 Å². The first-order valence-electron chi connectivity index (χ1n) is 6.31. The van der Waals surface area contributed by atoms with Gasteiger partial charge in [-0.15, -0.1) is 0 Å². The van der Waals surface area contributed by atoms with Gasteiger partial charge in [0, 0.05) is 23.7 Å². The summed E-state index contributed by atoms with van der Waals surface area (Å²) in [5.74, 6) is -0.233. The molecule has 2 rings (SSSR count). The quantitative estimate of drug-likeness (QED) is 0.344. The van der Waals surface area contributed by atoms with Crippen molar-refractivity contribution in [1.82, 2.24) is 5.32 Å². The predicted octanol–water partition coefficient (Wildman–Crippen LogP) is 2.86. The van der Waals surface area contributed by atoms with Crippen LogP contribution in [0.25, 0.3) is 0 Å². The summed E-state index contributed by atoms with van der Waals surface area (Å²) in [6, 6.07) is 11.5. The van der Waals surface area contributed by atoms with Crippen LogP contribution < -0.4 is 11.1 Å². The van der Waals surface area contributed by atoms with Crippen molar-refractivity contribution in [3.63, 3.8) is 0 Å². The Kier molecular flexibility index (Phi) is 5.14. The molecule has 0 saturated heterocycles.